The van der Waals surface area contributed by atoms with Crippen molar-refractivity contribution in [2.24, 2.45) is 0 Å². The number of nitrogens with one attached hydrogen (secondary N) is 2. The number of halogens is 1. The monoisotopic (exact) mass is 359 g/mol. The Morgan fingerprint density at radius 3 is 2.60 bits per heavy atom. The molecule has 0 radical (unpaired) electrons. The maximum absolute atomic E-state index is 12.1. The van der Waals surface area contributed by atoms with Gasteiger partial charge in [-0.25, -0.2) is 13.5 Å². The minimum atomic E-state index is -3.79. The lowest BCUT2D eigenvalue weighted by molar-refractivity contribution is 0.411. The normalized spacial score (nSPS) is 11.1. The number of sulfonamides is 1. The summed E-state index contributed by atoms with van der Waals surface area (Å²) in [5.74, 6) is 0.544. The molecule has 2 aromatic rings. The molecule has 9 heteroatoms. The number of hydrogen-bond donors (Lipinski definition) is 2. The highest BCUT2D eigenvalue weighted by atomic mass is 79.9. The Morgan fingerprint density at radius 1 is 1.30 bits per heavy atom. The van der Waals surface area contributed by atoms with E-state index in [2.05, 4.69) is 30.8 Å². The van der Waals surface area contributed by atoms with Gasteiger partial charge in [0.25, 0.3) is 15.6 Å². The van der Waals surface area contributed by atoms with Gasteiger partial charge < -0.3 is 4.74 Å². The second-order valence-corrected chi connectivity index (χ2v) is 6.25. The smallest absolute Gasteiger partial charge is 0.264 e. The van der Waals surface area contributed by atoms with E-state index in [0.29, 0.717) is 10.2 Å². The number of nitrogens with zero attached hydrogens (tertiary/aromatic N) is 1. The fraction of sp³-hybridized carbons (Fsp3) is 0.0909. The van der Waals surface area contributed by atoms with E-state index in [1.165, 1.54) is 37.4 Å². The van der Waals surface area contributed by atoms with Gasteiger partial charge in [0.05, 0.1) is 16.5 Å². The third-order valence-electron chi connectivity index (χ3n) is 2.35. The first-order valence-corrected chi connectivity index (χ1v) is 7.62. The summed E-state index contributed by atoms with van der Waals surface area (Å²) in [4.78, 5) is 10.9. The van der Waals surface area contributed by atoms with Crippen LogP contribution < -0.4 is 15.0 Å². The highest BCUT2D eigenvalue weighted by Gasteiger charge is 2.16. The van der Waals surface area contributed by atoms with Crippen molar-refractivity contribution in [3.63, 3.8) is 0 Å². The van der Waals surface area contributed by atoms with Crippen molar-refractivity contribution in [2.45, 2.75) is 4.90 Å². The number of aromatic amines is 1. The largest absolute Gasteiger partial charge is 0.496 e. The Balaban J connectivity index is 2.33. The quantitative estimate of drug-likeness (QED) is 0.857. The Kier molecular flexibility index (Phi) is 4.09. The van der Waals surface area contributed by atoms with Crippen LogP contribution in [0.25, 0.3) is 0 Å². The number of benzene rings is 1. The molecule has 1 aromatic carbocycles. The van der Waals surface area contributed by atoms with Gasteiger partial charge in [0.2, 0.25) is 0 Å². The second-order valence-electron chi connectivity index (χ2n) is 3.71. The topological polar surface area (TPSA) is 101 Å². The Labute approximate surface area is 123 Å². The van der Waals surface area contributed by atoms with Crippen molar-refractivity contribution in [3.8, 4) is 5.75 Å². The molecule has 0 aliphatic heterocycles. The molecular weight excluding hydrogens is 350 g/mol. The summed E-state index contributed by atoms with van der Waals surface area (Å²) in [5.41, 5.74) is -0.417. The molecular formula is C11H10BrN3O4S. The standard InChI is InChI=1S/C11H10BrN3O4S/c1-19-9-3-2-7(6-8(9)12)20(17,18)15-10-4-5-11(16)14-13-10/h2-6H,1H3,(H,13,15)(H,14,16). The molecule has 0 saturated heterocycles. The molecule has 1 heterocycles. The van der Waals surface area contributed by atoms with E-state index in [-0.39, 0.29) is 10.7 Å². The zero-order valence-corrected chi connectivity index (χ0v) is 12.7. The van der Waals surface area contributed by atoms with Crippen molar-refractivity contribution >= 4 is 31.8 Å². The molecule has 0 fully saturated rings. The van der Waals surface area contributed by atoms with Crippen molar-refractivity contribution in [2.75, 3.05) is 11.8 Å². The van der Waals surface area contributed by atoms with Crippen molar-refractivity contribution in [3.05, 3.63) is 45.2 Å². The Bertz CT molecular complexity index is 768. The predicted octanol–water partition coefficient (Wildman–Crippen LogP) is 1.34. The van der Waals surface area contributed by atoms with Crippen molar-refractivity contribution in [1.29, 1.82) is 0 Å². The summed E-state index contributed by atoms with van der Waals surface area (Å²) in [6.07, 6.45) is 0. The van der Waals surface area contributed by atoms with E-state index < -0.39 is 15.6 Å². The second kappa shape index (κ2) is 5.63. The number of aromatic nitrogens is 2. The van der Waals surface area contributed by atoms with E-state index in [1.54, 1.807) is 0 Å². The van der Waals surface area contributed by atoms with Crippen LogP contribution in [0.3, 0.4) is 0 Å². The molecule has 2 N–H and O–H groups in total. The molecule has 20 heavy (non-hydrogen) atoms. The van der Waals surface area contributed by atoms with Gasteiger partial charge in [-0.2, -0.15) is 5.10 Å². The number of hydrogen-bond acceptors (Lipinski definition) is 5. The van der Waals surface area contributed by atoms with Gasteiger partial charge in [0.15, 0.2) is 5.82 Å². The van der Waals surface area contributed by atoms with Crippen LogP contribution in [0.15, 0.2) is 44.5 Å². The lowest BCUT2D eigenvalue weighted by atomic mass is 10.3. The minimum Gasteiger partial charge on any atom is -0.496 e. The molecule has 106 valence electrons. The summed E-state index contributed by atoms with van der Waals surface area (Å²) in [6, 6.07) is 6.78. The van der Waals surface area contributed by atoms with Gasteiger partial charge in [0.1, 0.15) is 5.75 Å². The number of ether oxygens (including phenoxy) is 1. The maximum atomic E-state index is 12.1. The predicted molar refractivity (Wildman–Crippen MR) is 76.4 cm³/mol. The molecule has 0 atom stereocenters. The Morgan fingerprint density at radius 2 is 2.05 bits per heavy atom. The first kappa shape index (κ1) is 14.5. The van der Waals surface area contributed by atoms with Crippen LogP contribution in [0, 0.1) is 0 Å². The van der Waals surface area contributed by atoms with Gasteiger partial charge in [-0.15, -0.1) is 0 Å². The average molecular weight is 360 g/mol. The van der Waals surface area contributed by atoms with Crippen LogP contribution in [-0.4, -0.2) is 25.7 Å². The summed E-state index contributed by atoms with van der Waals surface area (Å²) in [5, 5.41) is 5.72. The lowest BCUT2D eigenvalue weighted by Gasteiger charge is -2.08. The molecule has 0 bridgehead atoms. The zero-order valence-electron chi connectivity index (χ0n) is 10.3. The maximum Gasteiger partial charge on any atom is 0.264 e. The molecule has 0 aliphatic rings. The summed E-state index contributed by atoms with van der Waals surface area (Å²) in [7, 11) is -2.31. The third-order valence-corrected chi connectivity index (χ3v) is 4.32. The third kappa shape index (κ3) is 3.17. The molecule has 0 amide bonds. The molecule has 0 aliphatic carbocycles. The van der Waals surface area contributed by atoms with E-state index >= 15 is 0 Å². The van der Waals surface area contributed by atoms with E-state index in [9.17, 15) is 13.2 Å². The molecule has 0 spiro atoms. The summed E-state index contributed by atoms with van der Waals surface area (Å²) in [6.45, 7) is 0. The van der Waals surface area contributed by atoms with Crippen LogP contribution in [-0.2, 0) is 10.0 Å². The molecule has 1 aromatic heterocycles. The van der Waals surface area contributed by atoms with Crippen LogP contribution in [0.2, 0.25) is 0 Å². The number of anilines is 1. The zero-order chi connectivity index (χ0) is 14.8. The molecule has 0 saturated carbocycles. The first-order chi connectivity index (χ1) is 9.42. The van der Waals surface area contributed by atoms with Crippen LogP contribution in [0.4, 0.5) is 5.82 Å². The number of rotatable bonds is 4. The molecule has 0 unspecified atom stereocenters. The van der Waals surface area contributed by atoms with Crippen LogP contribution in [0.1, 0.15) is 0 Å². The highest BCUT2D eigenvalue weighted by molar-refractivity contribution is 9.10. The average Bonchev–Trinajstić information content (AvgIpc) is 2.41. The van der Waals surface area contributed by atoms with E-state index in [4.69, 9.17) is 4.74 Å². The lowest BCUT2D eigenvalue weighted by Crippen LogP contribution is -2.16. The van der Waals surface area contributed by atoms with Gasteiger partial charge in [-0.1, -0.05) is 0 Å². The Hall–Kier alpha value is -1.87. The number of methoxy groups -OCH3 is 1. The highest BCUT2D eigenvalue weighted by Crippen LogP contribution is 2.27. The SMILES string of the molecule is COc1ccc(S(=O)(=O)Nc2ccc(=O)[nH]n2)cc1Br. The summed E-state index contributed by atoms with van der Waals surface area (Å²) >= 11 is 3.21. The fourth-order valence-electron chi connectivity index (χ4n) is 1.41. The number of H-pyrrole nitrogens is 1. The molecule has 2 rings (SSSR count). The van der Waals surface area contributed by atoms with E-state index in [0.717, 1.165) is 0 Å². The van der Waals surface area contributed by atoms with Gasteiger partial charge >= 0.3 is 0 Å². The molecule has 7 nitrogen and oxygen atoms in total. The van der Waals surface area contributed by atoms with Crippen molar-refractivity contribution in [1.82, 2.24) is 10.2 Å². The minimum absolute atomic E-state index is 0.0246. The van der Waals surface area contributed by atoms with Crippen LogP contribution in [0.5, 0.6) is 5.75 Å². The van der Waals surface area contributed by atoms with Gasteiger partial charge in [-0.3, -0.25) is 9.52 Å². The van der Waals surface area contributed by atoms with E-state index in [1.807, 2.05) is 0 Å². The van der Waals surface area contributed by atoms with Gasteiger partial charge in [0, 0.05) is 6.07 Å². The first-order valence-electron chi connectivity index (χ1n) is 5.34. The van der Waals surface area contributed by atoms with Crippen molar-refractivity contribution < 1.29 is 13.2 Å². The summed E-state index contributed by atoms with van der Waals surface area (Å²) < 4.78 is 32.1. The van der Waals surface area contributed by atoms with Crippen LogP contribution >= 0.6 is 15.9 Å². The fourth-order valence-corrected chi connectivity index (χ4v) is 3.13. The van der Waals surface area contributed by atoms with Gasteiger partial charge in [-0.05, 0) is 40.2 Å².